The molecule has 35 heavy (non-hydrogen) atoms. The van der Waals surface area contributed by atoms with E-state index in [4.69, 9.17) is 9.47 Å². The van der Waals surface area contributed by atoms with Gasteiger partial charge in [-0.2, -0.15) is 0 Å². The van der Waals surface area contributed by atoms with E-state index in [0.717, 1.165) is 24.2 Å². The maximum absolute atomic E-state index is 12.9. The summed E-state index contributed by atoms with van der Waals surface area (Å²) in [4.78, 5) is 63.3. The molecule has 2 aliphatic carbocycles. The molecule has 1 aliphatic heterocycles. The van der Waals surface area contributed by atoms with E-state index in [1.807, 2.05) is 6.92 Å². The van der Waals surface area contributed by atoms with Crippen LogP contribution in [0.1, 0.15) is 36.5 Å². The van der Waals surface area contributed by atoms with Crippen molar-refractivity contribution in [3.05, 3.63) is 29.8 Å². The zero-order chi connectivity index (χ0) is 25.3. The van der Waals surface area contributed by atoms with Gasteiger partial charge in [-0.05, 0) is 48.9 Å². The van der Waals surface area contributed by atoms with Crippen LogP contribution in [0.3, 0.4) is 0 Å². The van der Waals surface area contributed by atoms with Crippen molar-refractivity contribution < 1.29 is 33.4 Å². The largest absolute Gasteiger partial charge is 0.462 e. The van der Waals surface area contributed by atoms with Crippen LogP contribution >= 0.6 is 31.9 Å². The lowest BCUT2D eigenvalue weighted by atomic mass is 9.81. The molecule has 3 amide bonds. The standard InChI is InChI=1S/C24H26Br2N2O7/c1-2-3-8-34-24(33)12-4-6-13(7-5-12)27-16(29)11-35-17(30)10-28-22(31)18-14-9-15(19(18)23(28)32)21(26)20(14)25/h4-7,14-15,18-21H,2-3,8-11H2,1H3,(H,27,29)/t14-,15-,18-,19+,20+,21+/m1/s1. The Morgan fingerprint density at radius 2 is 1.60 bits per heavy atom. The molecule has 0 unspecified atom stereocenters. The second kappa shape index (κ2) is 10.8. The van der Waals surface area contributed by atoms with Gasteiger partial charge < -0.3 is 14.8 Å². The maximum Gasteiger partial charge on any atom is 0.338 e. The normalized spacial score (nSPS) is 28.7. The number of rotatable bonds is 9. The Morgan fingerprint density at radius 1 is 1.00 bits per heavy atom. The second-order valence-electron chi connectivity index (χ2n) is 9.04. The van der Waals surface area contributed by atoms with Crippen molar-refractivity contribution in [3.8, 4) is 0 Å². The van der Waals surface area contributed by atoms with Gasteiger partial charge in [0.05, 0.1) is 24.0 Å². The lowest BCUT2D eigenvalue weighted by Crippen LogP contribution is -2.38. The molecule has 11 heteroatoms. The number of ether oxygens (including phenoxy) is 2. The highest BCUT2D eigenvalue weighted by atomic mass is 79.9. The molecule has 1 aromatic carbocycles. The molecule has 4 rings (SSSR count). The molecule has 0 spiro atoms. The molecule has 0 aromatic heterocycles. The third kappa shape index (κ3) is 5.16. The molecule has 1 aromatic rings. The smallest absolute Gasteiger partial charge is 0.338 e. The summed E-state index contributed by atoms with van der Waals surface area (Å²) in [6.07, 6.45) is 2.51. The third-order valence-electron chi connectivity index (χ3n) is 6.87. The number of anilines is 1. The summed E-state index contributed by atoms with van der Waals surface area (Å²) >= 11 is 7.24. The van der Waals surface area contributed by atoms with E-state index in [1.54, 1.807) is 12.1 Å². The van der Waals surface area contributed by atoms with Gasteiger partial charge in [-0.3, -0.25) is 24.1 Å². The van der Waals surface area contributed by atoms with Crippen LogP contribution in [0.15, 0.2) is 24.3 Å². The summed E-state index contributed by atoms with van der Waals surface area (Å²) in [5.74, 6) is -3.24. The molecule has 9 nitrogen and oxygen atoms in total. The Hall–Kier alpha value is -2.27. The maximum atomic E-state index is 12.9. The summed E-state index contributed by atoms with van der Waals surface area (Å²) in [5.41, 5.74) is 0.777. The molecular formula is C24H26Br2N2O7. The van der Waals surface area contributed by atoms with E-state index in [0.29, 0.717) is 17.9 Å². The van der Waals surface area contributed by atoms with Crippen LogP contribution in [-0.2, 0) is 28.7 Å². The van der Waals surface area contributed by atoms with Gasteiger partial charge in [0.1, 0.15) is 6.54 Å². The summed E-state index contributed by atoms with van der Waals surface area (Å²) < 4.78 is 10.1. The SMILES string of the molecule is CCCCOC(=O)c1ccc(NC(=O)COC(=O)CN2C(=O)[C@@H]3[C@H]4C[C@@H]([C@H](Br)[C@H]4Br)[C@@H]3C2=O)cc1. The lowest BCUT2D eigenvalue weighted by Gasteiger charge is -2.28. The predicted molar refractivity (Wildman–Crippen MR) is 132 cm³/mol. The summed E-state index contributed by atoms with van der Waals surface area (Å²) in [5, 5.41) is 2.56. The fourth-order valence-corrected chi connectivity index (χ4v) is 7.04. The Labute approximate surface area is 219 Å². The predicted octanol–water partition coefficient (Wildman–Crippen LogP) is 2.90. The Bertz CT molecular complexity index is 999. The van der Waals surface area contributed by atoms with Crippen LogP contribution in [0.25, 0.3) is 0 Å². The number of fused-ring (bicyclic) bond motifs is 5. The highest BCUT2D eigenvalue weighted by Gasteiger charge is 2.66. The number of halogens is 2. The van der Waals surface area contributed by atoms with Crippen molar-refractivity contribution in [2.75, 3.05) is 25.1 Å². The fraction of sp³-hybridized carbons (Fsp3) is 0.542. The molecule has 1 N–H and O–H groups in total. The molecule has 1 heterocycles. The topological polar surface area (TPSA) is 119 Å². The van der Waals surface area contributed by atoms with Crippen LogP contribution in [0, 0.1) is 23.7 Å². The number of hydrogen-bond acceptors (Lipinski definition) is 7. The van der Waals surface area contributed by atoms with Gasteiger partial charge in [0, 0.05) is 15.3 Å². The van der Waals surface area contributed by atoms with E-state index in [1.165, 1.54) is 12.1 Å². The highest BCUT2D eigenvalue weighted by molar-refractivity contribution is 9.12. The van der Waals surface area contributed by atoms with E-state index < -0.39 is 42.8 Å². The van der Waals surface area contributed by atoms with E-state index in [-0.39, 0.29) is 33.3 Å². The minimum Gasteiger partial charge on any atom is -0.462 e. The molecule has 3 aliphatic rings. The summed E-state index contributed by atoms with van der Waals surface area (Å²) in [6, 6.07) is 6.14. The van der Waals surface area contributed by atoms with E-state index in [9.17, 15) is 24.0 Å². The van der Waals surface area contributed by atoms with Crippen LogP contribution in [-0.4, -0.2) is 64.0 Å². The number of carbonyl (C=O) groups excluding carboxylic acids is 5. The van der Waals surface area contributed by atoms with Crippen LogP contribution in [0.5, 0.6) is 0 Å². The third-order valence-corrected chi connectivity index (χ3v) is 10.1. The summed E-state index contributed by atoms with van der Waals surface area (Å²) in [6.45, 7) is 1.27. The first kappa shape index (κ1) is 25.8. The molecule has 188 valence electrons. The average Bonchev–Trinajstić information content (AvgIpc) is 3.44. The van der Waals surface area contributed by atoms with Gasteiger partial charge in [0.2, 0.25) is 11.8 Å². The van der Waals surface area contributed by atoms with Gasteiger partial charge >= 0.3 is 11.9 Å². The average molecular weight is 614 g/mol. The first-order valence-electron chi connectivity index (χ1n) is 11.6. The van der Waals surface area contributed by atoms with Crippen molar-refractivity contribution in [2.24, 2.45) is 23.7 Å². The molecule has 3 fully saturated rings. The zero-order valence-electron chi connectivity index (χ0n) is 19.1. The van der Waals surface area contributed by atoms with Crippen molar-refractivity contribution >= 4 is 67.2 Å². The molecule has 1 saturated heterocycles. The van der Waals surface area contributed by atoms with Gasteiger partial charge in [-0.1, -0.05) is 45.2 Å². The van der Waals surface area contributed by atoms with Gasteiger partial charge in [-0.25, -0.2) is 4.79 Å². The monoisotopic (exact) mass is 612 g/mol. The number of esters is 2. The molecular weight excluding hydrogens is 588 g/mol. The number of unbranched alkanes of at least 4 members (excludes halogenated alkanes) is 1. The van der Waals surface area contributed by atoms with Crippen LogP contribution < -0.4 is 5.32 Å². The number of benzene rings is 1. The number of nitrogens with zero attached hydrogens (tertiary/aromatic N) is 1. The van der Waals surface area contributed by atoms with Gasteiger partial charge in [0.25, 0.3) is 5.91 Å². The Balaban J connectivity index is 1.24. The first-order valence-corrected chi connectivity index (χ1v) is 13.4. The number of alkyl halides is 2. The van der Waals surface area contributed by atoms with Crippen molar-refractivity contribution in [1.82, 2.24) is 4.90 Å². The number of likely N-dealkylation sites (tertiary alicyclic amines) is 1. The van der Waals surface area contributed by atoms with E-state index >= 15 is 0 Å². The van der Waals surface area contributed by atoms with Gasteiger partial charge in [0.15, 0.2) is 6.61 Å². The van der Waals surface area contributed by atoms with Crippen molar-refractivity contribution in [3.63, 3.8) is 0 Å². The number of nitrogens with one attached hydrogen (secondary N) is 1. The number of carbonyl (C=O) groups is 5. The highest BCUT2D eigenvalue weighted by Crippen LogP contribution is 2.60. The summed E-state index contributed by atoms with van der Waals surface area (Å²) in [7, 11) is 0. The zero-order valence-corrected chi connectivity index (χ0v) is 22.2. The minimum absolute atomic E-state index is 0.0576. The Morgan fingerprint density at radius 3 is 2.17 bits per heavy atom. The fourth-order valence-electron chi connectivity index (χ4n) is 5.17. The second-order valence-corrected chi connectivity index (χ2v) is 11.2. The van der Waals surface area contributed by atoms with Crippen LogP contribution in [0.2, 0.25) is 0 Å². The van der Waals surface area contributed by atoms with E-state index in [2.05, 4.69) is 37.2 Å². The lowest BCUT2D eigenvalue weighted by molar-refractivity contribution is -0.154. The number of imide groups is 1. The molecule has 6 atom stereocenters. The minimum atomic E-state index is -0.829. The molecule has 2 bridgehead atoms. The quantitative estimate of drug-likeness (QED) is 0.197. The van der Waals surface area contributed by atoms with Crippen LogP contribution in [0.4, 0.5) is 5.69 Å². The molecule has 2 saturated carbocycles. The van der Waals surface area contributed by atoms with Crippen molar-refractivity contribution in [2.45, 2.75) is 35.8 Å². The Kier molecular flexibility index (Phi) is 7.95. The molecule has 0 radical (unpaired) electrons. The van der Waals surface area contributed by atoms with Crippen molar-refractivity contribution in [1.29, 1.82) is 0 Å². The number of hydrogen-bond donors (Lipinski definition) is 1. The number of amides is 3. The first-order chi connectivity index (χ1) is 16.7. The van der Waals surface area contributed by atoms with Gasteiger partial charge in [-0.15, -0.1) is 0 Å².